The number of piperidine rings is 1. The number of halogens is 1. The predicted molar refractivity (Wildman–Crippen MR) is 109 cm³/mol. The Morgan fingerprint density at radius 3 is 2.70 bits per heavy atom. The van der Waals surface area contributed by atoms with Crippen molar-refractivity contribution in [2.75, 3.05) is 25.1 Å². The SMILES string of the molecule is COC(=O)c1ccccc1N1CCC(c2ncnc3ccc(Br)cc23)CC1. The van der Waals surface area contributed by atoms with Crippen molar-refractivity contribution in [3.8, 4) is 0 Å². The molecule has 0 radical (unpaired) electrons. The van der Waals surface area contributed by atoms with Crippen molar-refractivity contribution < 1.29 is 9.53 Å². The van der Waals surface area contributed by atoms with Crippen LogP contribution >= 0.6 is 15.9 Å². The van der Waals surface area contributed by atoms with Crippen molar-refractivity contribution in [3.63, 3.8) is 0 Å². The molecule has 0 unspecified atom stereocenters. The molecule has 138 valence electrons. The molecule has 0 aliphatic carbocycles. The van der Waals surface area contributed by atoms with Gasteiger partial charge in [0.25, 0.3) is 0 Å². The Hall–Kier alpha value is -2.47. The number of nitrogens with zero attached hydrogens (tertiary/aromatic N) is 3. The van der Waals surface area contributed by atoms with Gasteiger partial charge in [-0.3, -0.25) is 0 Å². The molecular formula is C21H20BrN3O2. The Labute approximate surface area is 166 Å². The van der Waals surface area contributed by atoms with Crippen molar-refractivity contribution in [1.29, 1.82) is 0 Å². The van der Waals surface area contributed by atoms with Gasteiger partial charge in [0, 0.05) is 28.9 Å². The number of hydrogen-bond acceptors (Lipinski definition) is 5. The Morgan fingerprint density at radius 2 is 1.93 bits per heavy atom. The number of carbonyl (C=O) groups excluding carboxylic acids is 1. The van der Waals surface area contributed by atoms with E-state index in [2.05, 4.69) is 36.9 Å². The lowest BCUT2D eigenvalue weighted by molar-refractivity contribution is 0.0601. The van der Waals surface area contributed by atoms with Gasteiger partial charge < -0.3 is 9.64 Å². The molecule has 0 saturated carbocycles. The van der Waals surface area contributed by atoms with Crippen molar-refractivity contribution >= 4 is 38.5 Å². The molecule has 27 heavy (non-hydrogen) atoms. The Kier molecular flexibility index (Phi) is 5.07. The van der Waals surface area contributed by atoms with E-state index in [-0.39, 0.29) is 5.97 Å². The minimum absolute atomic E-state index is 0.292. The van der Waals surface area contributed by atoms with Crippen LogP contribution in [-0.2, 0) is 4.74 Å². The predicted octanol–water partition coefficient (Wildman–Crippen LogP) is 4.56. The third kappa shape index (κ3) is 3.54. The van der Waals surface area contributed by atoms with Gasteiger partial charge in [0.15, 0.2) is 0 Å². The van der Waals surface area contributed by atoms with Crippen LogP contribution in [0.5, 0.6) is 0 Å². The molecule has 2 aromatic carbocycles. The van der Waals surface area contributed by atoms with Crippen LogP contribution in [0.15, 0.2) is 53.3 Å². The summed E-state index contributed by atoms with van der Waals surface area (Å²) in [5.74, 6) is 0.0886. The summed E-state index contributed by atoms with van der Waals surface area (Å²) in [6.07, 6.45) is 3.62. The zero-order valence-electron chi connectivity index (χ0n) is 15.1. The first-order chi connectivity index (χ1) is 13.2. The maximum Gasteiger partial charge on any atom is 0.339 e. The average molecular weight is 426 g/mol. The van der Waals surface area contributed by atoms with Crippen molar-refractivity contribution in [2.45, 2.75) is 18.8 Å². The van der Waals surface area contributed by atoms with Crippen molar-refractivity contribution in [1.82, 2.24) is 9.97 Å². The molecule has 0 N–H and O–H groups in total. The number of esters is 1. The smallest absolute Gasteiger partial charge is 0.339 e. The number of aromatic nitrogens is 2. The molecule has 0 amide bonds. The van der Waals surface area contributed by atoms with Gasteiger partial charge >= 0.3 is 5.97 Å². The number of rotatable bonds is 3. The summed E-state index contributed by atoms with van der Waals surface area (Å²) in [6.45, 7) is 1.75. The van der Waals surface area contributed by atoms with Gasteiger partial charge in [-0.2, -0.15) is 0 Å². The van der Waals surface area contributed by atoms with Gasteiger partial charge in [0.1, 0.15) is 6.33 Å². The highest BCUT2D eigenvalue weighted by molar-refractivity contribution is 9.10. The highest BCUT2D eigenvalue weighted by Crippen LogP contribution is 2.34. The largest absolute Gasteiger partial charge is 0.465 e. The highest BCUT2D eigenvalue weighted by atomic mass is 79.9. The number of ether oxygens (including phenoxy) is 1. The Balaban J connectivity index is 1.57. The minimum atomic E-state index is -0.292. The topological polar surface area (TPSA) is 55.3 Å². The molecule has 3 aromatic rings. The summed E-state index contributed by atoms with van der Waals surface area (Å²) in [7, 11) is 1.42. The lowest BCUT2D eigenvalue weighted by Crippen LogP contribution is -2.34. The molecule has 4 rings (SSSR count). The highest BCUT2D eigenvalue weighted by Gasteiger charge is 2.25. The van der Waals surface area contributed by atoms with E-state index in [4.69, 9.17) is 4.74 Å². The van der Waals surface area contributed by atoms with Crippen LogP contribution in [-0.4, -0.2) is 36.1 Å². The standard InChI is InChI=1S/C21H20BrN3O2/c1-27-21(26)16-4-2-3-5-19(16)25-10-8-14(9-11-25)20-17-12-15(22)6-7-18(17)23-13-24-20/h2-7,12-14H,8-11H2,1H3. The molecule has 5 nitrogen and oxygen atoms in total. The van der Waals surface area contributed by atoms with Crippen LogP contribution in [0, 0.1) is 0 Å². The first-order valence-corrected chi connectivity index (χ1v) is 9.79. The third-order valence-corrected chi connectivity index (χ3v) is 5.65. The summed E-state index contributed by atoms with van der Waals surface area (Å²) >= 11 is 3.55. The fraction of sp³-hybridized carbons (Fsp3) is 0.286. The van der Waals surface area contributed by atoms with E-state index >= 15 is 0 Å². The second kappa shape index (κ2) is 7.64. The summed E-state index contributed by atoms with van der Waals surface area (Å²) in [5, 5.41) is 1.11. The van der Waals surface area contributed by atoms with E-state index in [0.29, 0.717) is 11.5 Å². The van der Waals surface area contributed by atoms with Gasteiger partial charge in [-0.25, -0.2) is 14.8 Å². The third-order valence-electron chi connectivity index (χ3n) is 5.16. The second-order valence-corrected chi connectivity index (χ2v) is 7.61. The van der Waals surface area contributed by atoms with Crippen LogP contribution in [0.25, 0.3) is 10.9 Å². The molecule has 6 heteroatoms. The van der Waals surface area contributed by atoms with Gasteiger partial charge in [-0.1, -0.05) is 28.1 Å². The Bertz CT molecular complexity index is 984. The van der Waals surface area contributed by atoms with Crippen molar-refractivity contribution in [2.24, 2.45) is 0 Å². The number of para-hydroxylation sites is 1. The number of anilines is 1. The fourth-order valence-corrected chi connectivity index (χ4v) is 4.16. The summed E-state index contributed by atoms with van der Waals surface area (Å²) in [4.78, 5) is 23.3. The van der Waals surface area contributed by atoms with Crippen molar-refractivity contribution in [3.05, 3.63) is 64.5 Å². The van der Waals surface area contributed by atoms with Crippen LogP contribution in [0.3, 0.4) is 0 Å². The molecule has 1 saturated heterocycles. The molecule has 1 aliphatic rings. The molecule has 0 spiro atoms. The van der Waals surface area contributed by atoms with Gasteiger partial charge in [0.05, 0.1) is 29.6 Å². The first-order valence-electron chi connectivity index (χ1n) is 9.00. The van der Waals surface area contributed by atoms with Gasteiger partial charge in [-0.05, 0) is 43.2 Å². The Morgan fingerprint density at radius 1 is 1.15 bits per heavy atom. The monoisotopic (exact) mass is 425 g/mol. The summed E-state index contributed by atoms with van der Waals surface area (Å²) in [5.41, 5.74) is 3.65. The van der Waals surface area contributed by atoms with Crippen LogP contribution in [0.4, 0.5) is 5.69 Å². The zero-order chi connectivity index (χ0) is 18.8. The van der Waals surface area contributed by atoms with Gasteiger partial charge in [-0.15, -0.1) is 0 Å². The average Bonchev–Trinajstić information content (AvgIpc) is 2.73. The number of benzene rings is 2. The molecule has 1 aliphatic heterocycles. The van der Waals surface area contributed by atoms with E-state index in [0.717, 1.165) is 52.7 Å². The first kappa shape index (κ1) is 17.9. The molecule has 1 aromatic heterocycles. The fourth-order valence-electron chi connectivity index (χ4n) is 3.80. The summed E-state index contributed by atoms with van der Waals surface area (Å²) < 4.78 is 5.97. The lowest BCUT2D eigenvalue weighted by Gasteiger charge is -2.34. The number of methoxy groups -OCH3 is 1. The van der Waals surface area contributed by atoms with Crippen LogP contribution in [0.2, 0.25) is 0 Å². The molecule has 1 fully saturated rings. The molecule has 0 bridgehead atoms. The van der Waals surface area contributed by atoms with Crippen LogP contribution in [0.1, 0.15) is 34.8 Å². The van der Waals surface area contributed by atoms with E-state index in [1.165, 1.54) is 7.11 Å². The molecular weight excluding hydrogens is 406 g/mol. The van der Waals surface area contributed by atoms with Gasteiger partial charge in [0.2, 0.25) is 0 Å². The van der Waals surface area contributed by atoms with Crippen LogP contribution < -0.4 is 4.90 Å². The lowest BCUT2D eigenvalue weighted by atomic mass is 9.90. The maximum absolute atomic E-state index is 12.1. The zero-order valence-corrected chi connectivity index (χ0v) is 16.6. The van der Waals surface area contributed by atoms with E-state index in [1.807, 2.05) is 36.4 Å². The quantitative estimate of drug-likeness (QED) is 0.575. The van der Waals surface area contributed by atoms with E-state index in [9.17, 15) is 4.79 Å². The van der Waals surface area contributed by atoms with E-state index < -0.39 is 0 Å². The van der Waals surface area contributed by atoms with E-state index in [1.54, 1.807) is 6.33 Å². The second-order valence-electron chi connectivity index (χ2n) is 6.69. The summed E-state index contributed by atoms with van der Waals surface area (Å²) in [6, 6.07) is 13.8. The number of hydrogen-bond donors (Lipinski definition) is 0. The number of fused-ring (bicyclic) bond motifs is 1. The minimum Gasteiger partial charge on any atom is -0.465 e. The number of carbonyl (C=O) groups is 1. The normalized spacial score (nSPS) is 15.1. The molecule has 2 heterocycles. The molecule has 0 atom stereocenters. The maximum atomic E-state index is 12.1.